The summed E-state index contributed by atoms with van der Waals surface area (Å²) in [5, 5.41) is 17.6. The predicted octanol–water partition coefficient (Wildman–Crippen LogP) is 4.93. The number of fused-ring (bicyclic) bond motifs is 1. The minimum absolute atomic E-state index is 0.0686. The molecule has 0 aliphatic carbocycles. The summed E-state index contributed by atoms with van der Waals surface area (Å²) in [5.74, 6) is 0. The topological polar surface area (TPSA) is 134 Å². The molecule has 0 saturated carbocycles. The average Bonchev–Trinajstić information content (AvgIpc) is 3.32. The Labute approximate surface area is 229 Å². The van der Waals surface area contributed by atoms with Gasteiger partial charge in [0.2, 0.25) is 0 Å². The van der Waals surface area contributed by atoms with E-state index in [1.807, 2.05) is 65.1 Å². The number of nitriles is 1. The number of nitrogens with one attached hydrogen (secondary N) is 1. The third kappa shape index (κ3) is 6.55. The summed E-state index contributed by atoms with van der Waals surface area (Å²) in [4.78, 5) is 23.6. The van der Waals surface area contributed by atoms with E-state index in [2.05, 4.69) is 21.5 Å². The molecule has 1 aliphatic heterocycles. The molecule has 3 aromatic heterocycles. The van der Waals surface area contributed by atoms with E-state index in [-0.39, 0.29) is 18.2 Å². The van der Waals surface area contributed by atoms with Crippen LogP contribution in [0.1, 0.15) is 70.3 Å². The first-order chi connectivity index (χ1) is 18.6. The molecular weight excluding hydrogens is 492 g/mol. The summed E-state index contributed by atoms with van der Waals surface area (Å²) in [7, 11) is 0. The SMILES string of the molecule is CC(=NC1CCN(C(=O)OC(C)(C)C)CC1)/C(=C\N)c1cc(NC(C)c2ccccn2)c2c(C#N)cnn2c1. The predicted molar refractivity (Wildman–Crippen MR) is 152 cm³/mol. The molecule has 0 spiro atoms. The lowest BCUT2D eigenvalue weighted by Crippen LogP contribution is -2.42. The number of aliphatic imine (C=N–C) groups is 1. The number of allylic oxidation sites excluding steroid dienone is 1. The van der Waals surface area contributed by atoms with E-state index in [1.165, 1.54) is 0 Å². The molecule has 204 valence electrons. The largest absolute Gasteiger partial charge is 0.444 e. The number of hydrogen-bond acceptors (Lipinski definition) is 8. The van der Waals surface area contributed by atoms with Crippen molar-refractivity contribution in [3.8, 4) is 6.07 Å². The van der Waals surface area contributed by atoms with Gasteiger partial charge in [-0.15, -0.1) is 0 Å². The fourth-order valence-electron chi connectivity index (χ4n) is 4.67. The molecule has 4 heterocycles. The van der Waals surface area contributed by atoms with Gasteiger partial charge in [0.15, 0.2) is 0 Å². The van der Waals surface area contributed by atoms with Crippen LogP contribution >= 0.6 is 0 Å². The fraction of sp³-hybridized carbons (Fsp3) is 0.414. The third-order valence-electron chi connectivity index (χ3n) is 6.60. The fourth-order valence-corrected chi connectivity index (χ4v) is 4.67. The van der Waals surface area contributed by atoms with E-state index in [4.69, 9.17) is 15.5 Å². The van der Waals surface area contributed by atoms with Crippen LogP contribution in [0.3, 0.4) is 0 Å². The number of pyridine rings is 2. The number of ether oxygens (including phenoxy) is 1. The zero-order valence-corrected chi connectivity index (χ0v) is 23.2. The number of piperidine rings is 1. The Morgan fingerprint density at radius 3 is 2.69 bits per heavy atom. The first-order valence-electron chi connectivity index (χ1n) is 13.1. The van der Waals surface area contributed by atoms with Crippen molar-refractivity contribution in [2.75, 3.05) is 18.4 Å². The highest BCUT2D eigenvalue weighted by atomic mass is 16.6. The Balaban J connectivity index is 1.57. The summed E-state index contributed by atoms with van der Waals surface area (Å²) in [5.41, 5.74) is 10.8. The van der Waals surface area contributed by atoms with Gasteiger partial charge in [0.25, 0.3) is 0 Å². The highest BCUT2D eigenvalue weighted by Crippen LogP contribution is 2.30. The molecule has 10 nitrogen and oxygen atoms in total. The Morgan fingerprint density at radius 2 is 2.08 bits per heavy atom. The van der Waals surface area contributed by atoms with E-state index in [0.717, 1.165) is 41.1 Å². The number of hydrogen-bond donors (Lipinski definition) is 2. The molecule has 1 unspecified atom stereocenters. The molecule has 1 amide bonds. The third-order valence-corrected chi connectivity index (χ3v) is 6.60. The van der Waals surface area contributed by atoms with Gasteiger partial charge in [-0.1, -0.05) is 6.07 Å². The van der Waals surface area contributed by atoms with E-state index < -0.39 is 5.60 Å². The van der Waals surface area contributed by atoms with Crippen molar-refractivity contribution in [3.05, 3.63) is 65.9 Å². The molecule has 1 atom stereocenters. The highest BCUT2D eigenvalue weighted by molar-refractivity contribution is 6.22. The van der Waals surface area contributed by atoms with Crippen LogP contribution in [0, 0.1) is 11.3 Å². The minimum Gasteiger partial charge on any atom is -0.444 e. The van der Waals surface area contributed by atoms with Gasteiger partial charge in [-0.2, -0.15) is 10.4 Å². The Kier molecular flexibility index (Phi) is 8.19. The number of nitrogens with two attached hydrogens (primary N) is 1. The van der Waals surface area contributed by atoms with Gasteiger partial charge in [0.1, 0.15) is 17.2 Å². The lowest BCUT2D eigenvalue weighted by molar-refractivity contribution is 0.0207. The van der Waals surface area contributed by atoms with Crippen LogP contribution < -0.4 is 11.1 Å². The molecule has 0 radical (unpaired) electrons. The van der Waals surface area contributed by atoms with Gasteiger partial charge < -0.3 is 20.7 Å². The van der Waals surface area contributed by atoms with Gasteiger partial charge in [-0.3, -0.25) is 9.98 Å². The van der Waals surface area contributed by atoms with Gasteiger partial charge in [-0.05, 0) is 65.7 Å². The highest BCUT2D eigenvalue weighted by Gasteiger charge is 2.27. The van der Waals surface area contributed by atoms with Crippen LogP contribution in [-0.4, -0.2) is 56.0 Å². The maximum atomic E-state index is 12.4. The Hall–Kier alpha value is -4.39. The lowest BCUT2D eigenvalue weighted by atomic mass is 10.0. The summed E-state index contributed by atoms with van der Waals surface area (Å²) >= 11 is 0. The van der Waals surface area contributed by atoms with Crippen LogP contribution in [0.2, 0.25) is 0 Å². The molecule has 0 bridgehead atoms. The molecule has 1 saturated heterocycles. The molecule has 4 rings (SSSR count). The van der Waals surface area contributed by atoms with Crippen LogP contribution in [0.5, 0.6) is 0 Å². The second-order valence-electron chi connectivity index (χ2n) is 10.7. The Morgan fingerprint density at radius 1 is 1.33 bits per heavy atom. The quantitative estimate of drug-likeness (QED) is 0.433. The van der Waals surface area contributed by atoms with E-state index >= 15 is 0 Å². The number of anilines is 1. The lowest BCUT2D eigenvalue weighted by Gasteiger charge is -2.32. The standard InChI is InChI=1S/C29H36N8O2/c1-19(34-23-9-12-36(13-10-23)28(38)39-29(3,4)5)24(16-31)21-14-26(27-22(15-30)17-33-37(27)18-21)35-20(2)25-8-6-7-11-32-25/h6-8,11,14,16-18,20,23,35H,9-10,12-13,31H2,1-5H3/b24-16+,34-19?. The first kappa shape index (κ1) is 27.6. The van der Waals surface area contributed by atoms with E-state index in [9.17, 15) is 10.1 Å². The summed E-state index contributed by atoms with van der Waals surface area (Å²) in [6.07, 6.45) is 7.92. The van der Waals surface area contributed by atoms with Crippen molar-refractivity contribution in [1.82, 2.24) is 19.5 Å². The van der Waals surface area contributed by atoms with Crippen LogP contribution in [0.25, 0.3) is 11.1 Å². The van der Waals surface area contributed by atoms with Gasteiger partial charge >= 0.3 is 6.09 Å². The summed E-state index contributed by atoms with van der Waals surface area (Å²) < 4.78 is 7.20. The maximum Gasteiger partial charge on any atom is 0.410 e. The van der Waals surface area contributed by atoms with Crippen molar-refractivity contribution in [2.45, 2.75) is 65.1 Å². The summed E-state index contributed by atoms with van der Waals surface area (Å²) in [6.45, 7) is 10.7. The monoisotopic (exact) mass is 528 g/mol. The van der Waals surface area contributed by atoms with Crippen molar-refractivity contribution < 1.29 is 9.53 Å². The number of likely N-dealkylation sites (tertiary alicyclic amines) is 1. The summed E-state index contributed by atoms with van der Waals surface area (Å²) in [6, 6.07) is 9.93. The van der Waals surface area contributed by atoms with Crippen molar-refractivity contribution in [1.29, 1.82) is 5.26 Å². The maximum absolute atomic E-state index is 12.4. The number of aromatic nitrogens is 3. The molecule has 3 N–H and O–H groups in total. The zero-order chi connectivity index (χ0) is 28.2. The number of carbonyl (C=O) groups excluding carboxylic acids is 1. The minimum atomic E-state index is -0.518. The molecular formula is C29H36N8O2. The van der Waals surface area contributed by atoms with Gasteiger partial charge in [0, 0.05) is 48.5 Å². The van der Waals surface area contributed by atoms with E-state index in [1.54, 1.807) is 28.0 Å². The van der Waals surface area contributed by atoms with Crippen molar-refractivity contribution in [3.63, 3.8) is 0 Å². The molecule has 10 heteroatoms. The van der Waals surface area contributed by atoms with Gasteiger partial charge in [-0.25, -0.2) is 9.31 Å². The molecule has 1 fully saturated rings. The van der Waals surface area contributed by atoms with Crippen molar-refractivity contribution >= 4 is 28.6 Å². The second-order valence-corrected chi connectivity index (χ2v) is 10.7. The van der Waals surface area contributed by atoms with Crippen LogP contribution in [0.4, 0.5) is 10.5 Å². The number of amides is 1. The molecule has 39 heavy (non-hydrogen) atoms. The van der Waals surface area contributed by atoms with E-state index in [0.29, 0.717) is 24.2 Å². The smallest absolute Gasteiger partial charge is 0.410 e. The normalized spacial score (nSPS) is 16.2. The second kappa shape index (κ2) is 11.6. The molecule has 0 aromatic carbocycles. The number of nitrogens with zero attached hydrogens (tertiary/aromatic N) is 6. The molecule has 1 aliphatic rings. The number of rotatable bonds is 6. The first-order valence-corrected chi connectivity index (χ1v) is 13.1. The van der Waals surface area contributed by atoms with Crippen LogP contribution in [0.15, 0.2) is 54.0 Å². The molecule has 3 aromatic rings. The number of carbonyl (C=O) groups is 1. The Bertz CT molecular complexity index is 1420. The van der Waals surface area contributed by atoms with Crippen molar-refractivity contribution in [2.24, 2.45) is 10.7 Å². The zero-order valence-electron chi connectivity index (χ0n) is 23.2. The van der Waals surface area contributed by atoms with Gasteiger partial charge in [0.05, 0.1) is 35.2 Å². The van der Waals surface area contributed by atoms with Crippen LogP contribution in [-0.2, 0) is 4.74 Å². The average molecular weight is 529 g/mol.